The summed E-state index contributed by atoms with van der Waals surface area (Å²) in [4.78, 5) is 22.7. The molecule has 0 spiro atoms. The highest BCUT2D eigenvalue weighted by Gasteiger charge is 2.30. The Kier molecular flexibility index (Phi) is 8.04. The number of carbonyl (C=O) groups is 2. The minimum Gasteiger partial charge on any atom is -0.465 e. The van der Waals surface area contributed by atoms with Crippen molar-refractivity contribution in [2.75, 3.05) is 12.9 Å². The average Bonchev–Trinajstić information content (AvgIpc) is 2.49. The third-order valence-electron chi connectivity index (χ3n) is 3.08. The lowest BCUT2D eigenvalue weighted by atomic mass is 10.0. The summed E-state index contributed by atoms with van der Waals surface area (Å²) in [6.07, 6.45) is -0.703. The highest BCUT2D eigenvalue weighted by atomic mass is 32.2. The van der Waals surface area contributed by atoms with Crippen LogP contribution in [-0.4, -0.2) is 51.6 Å². The van der Waals surface area contributed by atoms with Crippen LogP contribution in [-0.2, 0) is 35.0 Å². The summed E-state index contributed by atoms with van der Waals surface area (Å²) in [6, 6.07) is 8.30. The van der Waals surface area contributed by atoms with Crippen LogP contribution in [0.4, 0.5) is 4.79 Å². The highest BCUT2D eigenvalue weighted by Crippen LogP contribution is 2.13. The first-order valence-corrected chi connectivity index (χ1v) is 9.79. The van der Waals surface area contributed by atoms with Crippen LogP contribution in [0.5, 0.6) is 0 Å². The topological polar surface area (TPSA) is 108 Å². The molecule has 1 aromatic rings. The Balaban J connectivity index is 3.04. The van der Waals surface area contributed by atoms with Crippen LogP contribution in [0, 0.1) is 0 Å². The first kappa shape index (κ1) is 21.9. The lowest BCUT2D eigenvalue weighted by molar-refractivity contribution is -0.131. The van der Waals surface area contributed by atoms with Crippen LogP contribution >= 0.6 is 0 Å². The van der Waals surface area contributed by atoms with Gasteiger partial charge in [0.25, 0.3) is 16.6 Å². The second-order valence-corrected chi connectivity index (χ2v) is 8.31. The fourth-order valence-electron chi connectivity index (χ4n) is 2.17. The molecule has 1 amide bonds. The number of carbonyl (C=O) groups excluding carboxylic acids is 2. The second kappa shape index (κ2) is 9.54. The fraction of sp³-hybridized carbons (Fsp3) is 0.529. The molecule has 1 rings (SSSR count). The Hall–Kier alpha value is -2.13. The molecule has 0 heterocycles. The van der Waals surface area contributed by atoms with Gasteiger partial charge in [0.1, 0.15) is 18.3 Å². The fourth-order valence-corrected chi connectivity index (χ4v) is 2.81. The van der Waals surface area contributed by atoms with E-state index in [1.54, 1.807) is 20.8 Å². The quantitative estimate of drug-likeness (QED) is 0.507. The maximum Gasteiger partial charge on any atom is 0.407 e. The molecule has 26 heavy (non-hydrogen) atoms. The SMILES string of the molecule is CC(C)(C)OC(=O)N[C@@H](Cc1ccccc1)[C@H](COC=O)OS(C)(=O)=O. The zero-order valence-corrected chi connectivity index (χ0v) is 16.1. The van der Waals surface area contributed by atoms with Crippen LogP contribution in [0.25, 0.3) is 0 Å². The van der Waals surface area contributed by atoms with E-state index in [1.807, 2.05) is 30.3 Å². The number of amides is 1. The molecule has 0 radical (unpaired) electrons. The molecule has 0 unspecified atom stereocenters. The van der Waals surface area contributed by atoms with E-state index >= 15 is 0 Å². The Morgan fingerprint density at radius 3 is 2.35 bits per heavy atom. The Morgan fingerprint density at radius 1 is 1.23 bits per heavy atom. The minimum absolute atomic E-state index is 0.186. The van der Waals surface area contributed by atoms with Gasteiger partial charge in [-0.25, -0.2) is 4.79 Å². The van der Waals surface area contributed by atoms with Crippen LogP contribution in [0.3, 0.4) is 0 Å². The van der Waals surface area contributed by atoms with E-state index < -0.39 is 34.0 Å². The second-order valence-electron chi connectivity index (χ2n) is 6.71. The molecule has 0 aromatic heterocycles. The lowest BCUT2D eigenvalue weighted by Crippen LogP contribution is -2.50. The molecule has 1 aromatic carbocycles. The van der Waals surface area contributed by atoms with Gasteiger partial charge in [-0.15, -0.1) is 0 Å². The maximum atomic E-state index is 12.2. The van der Waals surface area contributed by atoms with Crippen molar-refractivity contribution in [1.82, 2.24) is 5.32 Å². The van der Waals surface area contributed by atoms with Crippen molar-refractivity contribution in [2.45, 2.75) is 44.9 Å². The van der Waals surface area contributed by atoms with Gasteiger partial charge in [-0.3, -0.25) is 8.98 Å². The van der Waals surface area contributed by atoms with Gasteiger partial charge >= 0.3 is 6.09 Å². The summed E-state index contributed by atoms with van der Waals surface area (Å²) in [5.41, 5.74) is 0.107. The van der Waals surface area contributed by atoms with Crippen molar-refractivity contribution in [3.63, 3.8) is 0 Å². The Morgan fingerprint density at radius 2 is 1.85 bits per heavy atom. The first-order chi connectivity index (χ1) is 12.0. The van der Waals surface area contributed by atoms with Gasteiger partial charge in [-0.1, -0.05) is 30.3 Å². The van der Waals surface area contributed by atoms with Gasteiger partial charge in [0.15, 0.2) is 0 Å². The van der Waals surface area contributed by atoms with Crippen molar-refractivity contribution in [3.8, 4) is 0 Å². The molecule has 146 valence electrons. The Bertz CT molecular complexity index is 683. The molecular formula is C17H25NO7S. The smallest absolute Gasteiger partial charge is 0.407 e. The summed E-state index contributed by atoms with van der Waals surface area (Å²) in [6.45, 7) is 4.96. The van der Waals surface area contributed by atoms with Crippen molar-refractivity contribution < 1.29 is 31.7 Å². The summed E-state index contributed by atoms with van der Waals surface area (Å²) in [7, 11) is -3.85. The van der Waals surface area contributed by atoms with Crippen LogP contribution in [0.1, 0.15) is 26.3 Å². The van der Waals surface area contributed by atoms with Crippen LogP contribution < -0.4 is 5.32 Å². The molecule has 1 N–H and O–H groups in total. The Labute approximate surface area is 153 Å². The lowest BCUT2D eigenvalue weighted by Gasteiger charge is -2.28. The third-order valence-corrected chi connectivity index (χ3v) is 3.67. The van der Waals surface area contributed by atoms with Crippen molar-refractivity contribution in [3.05, 3.63) is 35.9 Å². The van der Waals surface area contributed by atoms with Gasteiger partial charge in [0.2, 0.25) is 0 Å². The number of ether oxygens (including phenoxy) is 2. The number of alkyl carbamates (subject to hydrolysis) is 1. The van der Waals surface area contributed by atoms with E-state index in [4.69, 9.17) is 8.92 Å². The molecule has 0 aliphatic carbocycles. The molecule has 0 aliphatic heterocycles. The summed E-state index contributed by atoms with van der Waals surface area (Å²) in [5, 5.41) is 2.61. The maximum absolute atomic E-state index is 12.2. The van der Waals surface area contributed by atoms with Crippen LogP contribution in [0.15, 0.2) is 30.3 Å². The zero-order chi connectivity index (χ0) is 19.8. The molecule has 0 fully saturated rings. The van der Waals surface area contributed by atoms with Gasteiger partial charge in [0, 0.05) is 0 Å². The van der Waals surface area contributed by atoms with E-state index in [0.29, 0.717) is 0 Å². The van der Waals surface area contributed by atoms with Gasteiger partial charge in [-0.05, 0) is 32.8 Å². The summed E-state index contributed by atoms with van der Waals surface area (Å²) >= 11 is 0. The number of rotatable bonds is 9. The monoisotopic (exact) mass is 387 g/mol. The molecule has 0 aliphatic rings. The first-order valence-electron chi connectivity index (χ1n) is 7.97. The number of benzene rings is 1. The van der Waals surface area contributed by atoms with Crippen LogP contribution in [0.2, 0.25) is 0 Å². The van der Waals surface area contributed by atoms with Gasteiger partial charge in [-0.2, -0.15) is 8.42 Å². The largest absolute Gasteiger partial charge is 0.465 e. The summed E-state index contributed by atoms with van der Waals surface area (Å²) in [5.74, 6) is 0. The predicted molar refractivity (Wildman–Crippen MR) is 95.0 cm³/mol. The normalized spacial score (nSPS) is 14.2. The van der Waals surface area contributed by atoms with E-state index in [9.17, 15) is 18.0 Å². The molecule has 9 heteroatoms. The van der Waals surface area contributed by atoms with Gasteiger partial charge in [0.05, 0.1) is 12.3 Å². The van der Waals surface area contributed by atoms with E-state index in [1.165, 1.54) is 0 Å². The van der Waals surface area contributed by atoms with E-state index in [2.05, 4.69) is 10.1 Å². The van der Waals surface area contributed by atoms with E-state index in [-0.39, 0.29) is 19.5 Å². The van der Waals surface area contributed by atoms with Gasteiger partial charge < -0.3 is 14.8 Å². The standard InChI is InChI=1S/C17H25NO7S/c1-17(2,3)24-16(20)18-14(10-13-8-6-5-7-9-13)15(11-23-12-19)25-26(4,21)22/h5-9,12,14-15H,10-11H2,1-4H3,(H,18,20)/t14-,15-/m0/s1. The number of hydrogen-bond acceptors (Lipinski definition) is 7. The molecule has 8 nitrogen and oxygen atoms in total. The van der Waals surface area contributed by atoms with Crippen molar-refractivity contribution in [2.24, 2.45) is 0 Å². The summed E-state index contributed by atoms with van der Waals surface area (Å²) < 4.78 is 38.1. The molecule has 0 saturated heterocycles. The highest BCUT2D eigenvalue weighted by molar-refractivity contribution is 7.86. The molecule has 0 saturated carbocycles. The molecular weight excluding hydrogens is 362 g/mol. The van der Waals surface area contributed by atoms with Crippen molar-refractivity contribution >= 4 is 22.7 Å². The number of nitrogens with one attached hydrogen (secondary N) is 1. The molecule has 2 atom stereocenters. The van der Waals surface area contributed by atoms with E-state index in [0.717, 1.165) is 11.8 Å². The van der Waals surface area contributed by atoms with Crippen molar-refractivity contribution in [1.29, 1.82) is 0 Å². The average molecular weight is 387 g/mol. The third kappa shape index (κ3) is 9.38. The number of hydrogen-bond donors (Lipinski definition) is 1. The molecule has 0 bridgehead atoms. The zero-order valence-electron chi connectivity index (χ0n) is 15.3. The predicted octanol–water partition coefficient (Wildman–Crippen LogP) is 1.64. The minimum atomic E-state index is -3.85.